The molecule has 7 nitrogen and oxygen atoms in total. The lowest BCUT2D eigenvalue weighted by Gasteiger charge is -2.35. The number of alkyl halides is 1. The Morgan fingerprint density at radius 2 is 1.77 bits per heavy atom. The summed E-state index contributed by atoms with van der Waals surface area (Å²) in [6.45, 7) is 12.0. The van der Waals surface area contributed by atoms with E-state index in [2.05, 4.69) is 23.3 Å². The third kappa shape index (κ3) is 8.24. The molecule has 0 radical (unpaired) electrons. The lowest BCUT2D eigenvalue weighted by molar-refractivity contribution is -0.142. The van der Waals surface area contributed by atoms with Crippen molar-refractivity contribution in [1.82, 2.24) is 15.5 Å². The molecule has 1 aliphatic carbocycles. The highest BCUT2D eigenvalue weighted by atomic mass is 32.1. The summed E-state index contributed by atoms with van der Waals surface area (Å²) in [5.74, 6) is -1.52. The summed E-state index contributed by atoms with van der Waals surface area (Å²) >= 11 is 4.45. The predicted molar refractivity (Wildman–Crippen MR) is 139 cm³/mol. The molecule has 1 aromatic rings. The lowest BCUT2D eigenvalue weighted by atomic mass is 10.0. The zero-order valence-electron chi connectivity index (χ0n) is 21.7. The second-order valence-corrected chi connectivity index (χ2v) is 9.89. The average molecular weight is 507 g/mol. The number of amides is 3. The third-order valence-corrected chi connectivity index (χ3v) is 5.97. The molecule has 2 atom stereocenters. The van der Waals surface area contributed by atoms with E-state index >= 15 is 0 Å². The Morgan fingerprint density at radius 1 is 1.20 bits per heavy atom. The van der Waals surface area contributed by atoms with Crippen LogP contribution in [0.25, 0.3) is 0 Å². The smallest absolute Gasteiger partial charge is 0.258 e. The van der Waals surface area contributed by atoms with Crippen molar-refractivity contribution in [3.63, 3.8) is 0 Å². The van der Waals surface area contributed by atoms with E-state index in [1.54, 1.807) is 38.1 Å². The van der Waals surface area contributed by atoms with E-state index in [1.807, 2.05) is 33.8 Å². The number of likely N-dealkylation sites (tertiary alicyclic amines) is 1. The molecule has 0 spiro atoms. The zero-order chi connectivity index (χ0) is 26.8. The molecule has 1 aromatic carbocycles. The fourth-order valence-corrected chi connectivity index (χ4v) is 3.79. The molecule has 1 aliphatic heterocycles. The van der Waals surface area contributed by atoms with Crippen LogP contribution >= 0.6 is 12.6 Å². The van der Waals surface area contributed by atoms with Gasteiger partial charge in [0, 0.05) is 17.8 Å². The van der Waals surface area contributed by atoms with Crippen LogP contribution in [0.3, 0.4) is 0 Å². The molecule has 0 aromatic heterocycles. The first-order valence-electron chi connectivity index (χ1n) is 12.3. The maximum Gasteiger partial charge on any atom is 0.258 e. The van der Waals surface area contributed by atoms with Gasteiger partial charge in [0.05, 0.1) is 11.6 Å². The van der Waals surface area contributed by atoms with Crippen molar-refractivity contribution in [1.29, 1.82) is 5.26 Å². The Hall–Kier alpha value is -2.60. The van der Waals surface area contributed by atoms with Gasteiger partial charge >= 0.3 is 0 Å². The Balaban J connectivity index is 0.00000145. The van der Waals surface area contributed by atoms with Crippen molar-refractivity contribution >= 4 is 30.4 Å². The number of hydrogen-bond acceptors (Lipinski definition) is 5. The number of nitriles is 1. The minimum Gasteiger partial charge on any atom is -0.350 e. The number of halogens is 1. The fourth-order valence-electron chi connectivity index (χ4n) is 3.61. The summed E-state index contributed by atoms with van der Waals surface area (Å²) in [6, 6.07) is 7.19. The summed E-state index contributed by atoms with van der Waals surface area (Å²) in [4.78, 5) is 39.7. The highest BCUT2D eigenvalue weighted by Crippen LogP contribution is 2.40. The van der Waals surface area contributed by atoms with Gasteiger partial charge in [0.25, 0.3) is 5.91 Å². The van der Waals surface area contributed by atoms with Crippen molar-refractivity contribution in [2.45, 2.75) is 96.3 Å². The van der Waals surface area contributed by atoms with E-state index in [4.69, 9.17) is 5.26 Å². The zero-order valence-corrected chi connectivity index (χ0v) is 22.5. The summed E-state index contributed by atoms with van der Waals surface area (Å²) in [5, 5.41) is 14.2. The van der Waals surface area contributed by atoms with Gasteiger partial charge in [-0.25, -0.2) is 4.39 Å². The monoisotopic (exact) mass is 506 g/mol. The topological polar surface area (TPSA) is 102 Å². The van der Waals surface area contributed by atoms with Gasteiger partial charge in [-0.05, 0) is 57.2 Å². The summed E-state index contributed by atoms with van der Waals surface area (Å²) in [5.41, 5.74) is -0.533. The quantitative estimate of drug-likeness (QED) is 0.488. The van der Waals surface area contributed by atoms with Gasteiger partial charge in [0.15, 0.2) is 5.67 Å². The van der Waals surface area contributed by atoms with Crippen LogP contribution in [0.5, 0.6) is 0 Å². The first kappa shape index (κ1) is 30.4. The fraction of sp³-hybridized carbons (Fsp3) is 0.615. The minimum atomic E-state index is -1.90. The first-order chi connectivity index (χ1) is 16.5. The molecule has 2 fully saturated rings. The Bertz CT molecular complexity index is 905. The van der Waals surface area contributed by atoms with Crippen LogP contribution in [0, 0.1) is 11.3 Å². The summed E-state index contributed by atoms with van der Waals surface area (Å²) in [7, 11) is 0. The van der Waals surface area contributed by atoms with Gasteiger partial charge in [0.2, 0.25) is 11.8 Å². The van der Waals surface area contributed by atoms with E-state index in [0.29, 0.717) is 24.9 Å². The largest absolute Gasteiger partial charge is 0.350 e. The lowest BCUT2D eigenvalue weighted by Crippen LogP contribution is -2.60. The van der Waals surface area contributed by atoms with E-state index in [0.717, 1.165) is 5.56 Å². The number of nitrogens with zero attached hydrogens (tertiary/aromatic N) is 2. The van der Waals surface area contributed by atoms with Gasteiger partial charge in [-0.1, -0.05) is 39.8 Å². The van der Waals surface area contributed by atoms with Crippen molar-refractivity contribution < 1.29 is 18.8 Å². The second-order valence-electron chi connectivity index (χ2n) is 8.74. The van der Waals surface area contributed by atoms with Gasteiger partial charge in [0.1, 0.15) is 12.1 Å². The molecule has 1 heterocycles. The highest BCUT2D eigenvalue weighted by Gasteiger charge is 2.53. The van der Waals surface area contributed by atoms with Crippen LogP contribution < -0.4 is 10.6 Å². The number of nitrogens with one attached hydrogen (secondary N) is 2. The van der Waals surface area contributed by atoms with E-state index in [1.165, 1.54) is 4.90 Å². The molecule has 3 amide bonds. The Kier molecular flexibility index (Phi) is 11.7. The van der Waals surface area contributed by atoms with Crippen molar-refractivity contribution in [2.24, 2.45) is 0 Å². The molecule has 2 aliphatic rings. The van der Waals surface area contributed by atoms with Gasteiger partial charge in [-0.3, -0.25) is 14.4 Å². The van der Waals surface area contributed by atoms with Crippen molar-refractivity contribution in [2.75, 3.05) is 6.54 Å². The number of carbonyl (C=O) groups is 3. The average Bonchev–Trinajstić information content (AvgIpc) is 3.42. The molecule has 0 bridgehead atoms. The number of thiol groups is 1. The third-order valence-electron chi connectivity index (χ3n) is 5.71. The predicted octanol–water partition coefficient (Wildman–Crippen LogP) is 3.91. The number of hydrogen-bond donors (Lipinski definition) is 3. The molecule has 3 rings (SSSR count). The van der Waals surface area contributed by atoms with E-state index < -0.39 is 34.3 Å². The second kappa shape index (κ2) is 13.5. The molecule has 1 saturated carbocycles. The minimum absolute atomic E-state index is 0.150. The van der Waals surface area contributed by atoms with Crippen LogP contribution in [-0.2, 0) is 20.9 Å². The van der Waals surface area contributed by atoms with E-state index in [9.17, 15) is 18.8 Å². The van der Waals surface area contributed by atoms with Crippen molar-refractivity contribution in [3.8, 4) is 6.07 Å². The molecular weight excluding hydrogens is 467 g/mol. The normalized spacial score (nSPS) is 18.5. The Morgan fingerprint density at radius 3 is 2.26 bits per heavy atom. The van der Waals surface area contributed by atoms with Gasteiger partial charge in [-0.15, -0.1) is 0 Å². The Labute approximate surface area is 214 Å². The number of carbonyl (C=O) groups excluding carboxylic acids is 3. The van der Waals surface area contributed by atoms with Crippen LogP contribution in [0.4, 0.5) is 4.39 Å². The van der Waals surface area contributed by atoms with Crippen LogP contribution in [-0.4, -0.2) is 51.7 Å². The molecule has 1 saturated heterocycles. The number of benzene rings is 1. The van der Waals surface area contributed by atoms with Crippen LogP contribution in [0.15, 0.2) is 24.3 Å². The number of rotatable bonds is 7. The summed E-state index contributed by atoms with van der Waals surface area (Å²) in [6.07, 6.45) is 1.46. The molecule has 2 N–H and O–H groups in total. The van der Waals surface area contributed by atoms with Crippen LogP contribution in [0.1, 0.15) is 78.4 Å². The molecule has 194 valence electrons. The standard InChI is InChI=1S/C22H27FN4O3S.2C2H6/c1-21(2,31)17(26-20(30)22(23)9-10-22)19(29)27-11-3-4-16(27)18(28)25-13-15-7-5-14(12-24)6-8-15;2*1-2/h5-8,16-17,31H,3-4,9-11,13H2,1-2H3,(H,25,28)(H,26,30);2*1-2H3. The van der Waals surface area contributed by atoms with Gasteiger partial charge in [-0.2, -0.15) is 17.9 Å². The maximum absolute atomic E-state index is 14.2. The highest BCUT2D eigenvalue weighted by molar-refractivity contribution is 7.81. The molecule has 9 heteroatoms. The van der Waals surface area contributed by atoms with Crippen molar-refractivity contribution in [3.05, 3.63) is 35.4 Å². The summed E-state index contributed by atoms with van der Waals surface area (Å²) < 4.78 is 13.2. The maximum atomic E-state index is 14.2. The van der Waals surface area contributed by atoms with Gasteiger partial charge < -0.3 is 15.5 Å². The molecule has 35 heavy (non-hydrogen) atoms. The first-order valence-corrected chi connectivity index (χ1v) is 12.8. The van der Waals surface area contributed by atoms with Crippen LogP contribution in [0.2, 0.25) is 0 Å². The molecule has 2 unspecified atom stereocenters. The van der Waals surface area contributed by atoms with E-state index in [-0.39, 0.29) is 25.3 Å². The molecular formula is C26H39FN4O3S. The SMILES string of the molecule is CC.CC.CC(C)(S)C(NC(=O)C1(F)CC1)C(=O)N1CCCC1C(=O)NCc1ccc(C#N)cc1.